The Morgan fingerprint density at radius 3 is 2.88 bits per heavy atom. The molecule has 2 aliphatic rings. The van der Waals surface area contributed by atoms with Crippen molar-refractivity contribution in [3.05, 3.63) is 0 Å². The second-order valence-corrected chi connectivity index (χ2v) is 5.10. The molecule has 1 amide bonds. The van der Waals surface area contributed by atoms with E-state index < -0.39 is 0 Å². The van der Waals surface area contributed by atoms with Crippen molar-refractivity contribution in [2.24, 2.45) is 17.6 Å². The van der Waals surface area contributed by atoms with Crippen LogP contribution in [-0.2, 0) is 9.53 Å². The lowest BCUT2D eigenvalue weighted by atomic mass is 10.0. The van der Waals surface area contributed by atoms with Gasteiger partial charge in [0.15, 0.2) is 0 Å². The summed E-state index contributed by atoms with van der Waals surface area (Å²) >= 11 is 0. The zero-order chi connectivity index (χ0) is 11.5. The van der Waals surface area contributed by atoms with Crippen LogP contribution >= 0.6 is 0 Å². The third-order valence-electron chi connectivity index (χ3n) is 3.94. The molecule has 0 radical (unpaired) electrons. The molecule has 0 spiro atoms. The van der Waals surface area contributed by atoms with E-state index in [1.54, 1.807) is 0 Å². The number of carbonyl (C=O) groups is 1. The predicted molar refractivity (Wildman–Crippen MR) is 61.8 cm³/mol. The Balaban J connectivity index is 1.86. The van der Waals surface area contributed by atoms with Crippen molar-refractivity contribution in [1.82, 2.24) is 5.32 Å². The summed E-state index contributed by atoms with van der Waals surface area (Å²) in [6.07, 6.45) is 4.13. The van der Waals surface area contributed by atoms with Crippen LogP contribution in [0.25, 0.3) is 0 Å². The highest BCUT2D eigenvalue weighted by atomic mass is 16.5. The lowest BCUT2D eigenvalue weighted by molar-refractivity contribution is -0.132. The van der Waals surface area contributed by atoms with Crippen molar-refractivity contribution in [2.75, 3.05) is 13.2 Å². The fourth-order valence-corrected chi connectivity index (χ4v) is 2.80. The number of hydrogen-bond donors (Lipinski definition) is 2. The SMILES string of the molecule is CC1CCOC1C(=O)NC1CCCC1CN. The molecule has 0 aromatic carbocycles. The fourth-order valence-electron chi connectivity index (χ4n) is 2.80. The quantitative estimate of drug-likeness (QED) is 0.743. The second kappa shape index (κ2) is 5.15. The fraction of sp³-hybridized carbons (Fsp3) is 0.917. The van der Waals surface area contributed by atoms with Crippen LogP contribution in [-0.4, -0.2) is 31.2 Å². The van der Waals surface area contributed by atoms with Gasteiger partial charge in [-0.25, -0.2) is 0 Å². The van der Waals surface area contributed by atoms with Gasteiger partial charge in [0.25, 0.3) is 0 Å². The minimum Gasteiger partial charge on any atom is -0.368 e. The Morgan fingerprint density at radius 2 is 2.25 bits per heavy atom. The first-order chi connectivity index (χ1) is 7.72. The molecule has 92 valence electrons. The van der Waals surface area contributed by atoms with Crippen molar-refractivity contribution >= 4 is 5.91 Å². The smallest absolute Gasteiger partial charge is 0.249 e. The highest BCUT2D eigenvalue weighted by Gasteiger charge is 2.34. The van der Waals surface area contributed by atoms with Crippen LogP contribution in [0.5, 0.6) is 0 Å². The maximum Gasteiger partial charge on any atom is 0.249 e. The van der Waals surface area contributed by atoms with Gasteiger partial charge in [0.1, 0.15) is 6.10 Å². The third kappa shape index (κ3) is 2.38. The van der Waals surface area contributed by atoms with Gasteiger partial charge in [-0.3, -0.25) is 4.79 Å². The average Bonchev–Trinajstić information content (AvgIpc) is 2.86. The van der Waals surface area contributed by atoms with E-state index in [0.717, 1.165) is 19.3 Å². The van der Waals surface area contributed by atoms with E-state index in [0.29, 0.717) is 25.0 Å². The molecular weight excluding hydrogens is 204 g/mol. The monoisotopic (exact) mass is 226 g/mol. The molecule has 2 rings (SSSR count). The molecule has 1 aliphatic carbocycles. The first-order valence-electron chi connectivity index (χ1n) is 6.34. The maximum absolute atomic E-state index is 12.0. The molecule has 4 atom stereocenters. The zero-order valence-electron chi connectivity index (χ0n) is 9.95. The zero-order valence-corrected chi connectivity index (χ0v) is 9.95. The summed E-state index contributed by atoms with van der Waals surface area (Å²) in [7, 11) is 0. The molecule has 1 heterocycles. The molecule has 0 aromatic rings. The highest BCUT2D eigenvalue weighted by Crippen LogP contribution is 2.26. The summed E-state index contributed by atoms with van der Waals surface area (Å²) in [6.45, 7) is 3.46. The van der Waals surface area contributed by atoms with Crippen LogP contribution in [0, 0.1) is 11.8 Å². The molecule has 4 nitrogen and oxygen atoms in total. The Kier molecular flexibility index (Phi) is 3.82. The lowest BCUT2D eigenvalue weighted by Crippen LogP contribution is -2.45. The number of amides is 1. The Labute approximate surface area is 96.9 Å². The Hall–Kier alpha value is -0.610. The molecule has 0 aromatic heterocycles. The number of carbonyl (C=O) groups excluding carboxylic acids is 1. The van der Waals surface area contributed by atoms with Crippen molar-refractivity contribution in [1.29, 1.82) is 0 Å². The number of rotatable bonds is 3. The Morgan fingerprint density at radius 1 is 1.44 bits per heavy atom. The van der Waals surface area contributed by atoms with Crippen LogP contribution in [0.15, 0.2) is 0 Å². The molecule has 16 heavy (non-hydrogen) atoms. The molecule has 1 aliphatic heterocycles. The molecule has 1 saturated heterocycles. The summed E-state index contributed by atoms with van der Waals surface area (Å²) in [5.41, 5.74) is 5.70. The predicted octanol–water partition coefficient (Wildman–Crippen LogP) is 0.655. The van der Waals surface area contributed by atoms with E-state index in [1.807, 2.05) is 0 Å². The van der Waals surface area contributed by atoms with Crippen LogP contribution < -0.4 is 11.1 Å². The van der Waals surface area contributed by atoms with Gasteiger partial charge in [0.2, 0.25) is 5.91 Å². The number of nitrogens with one attached hydrogen (secondary N) is 1. The van der Waals surface area contributed by atoms with Gasteiger partial charge in [-0.05, 0) is 37.6 Å². The van der Waals surface area contributed by atoms with Crippen LogP contribution in [0.3, 0.4) is 0 Å². The van der Waals surface area contributed by atoms with E-state index in [1.165, 1.54) is 6.42 Å². The van der Waals surface area contributed by atoms with Gasteiger partial charge in [-0.15, -0.1) is 0 Å². The summed E-state index contributed by atoms with van der Waals surface area (Å²) in [5.74, 6) is 0.869. The van der Waals surface area contributed by atoms with E-state index in [-0.39, 0.29) is 18.1 Å². The van der Waals surface area contributed by atoms with Crippen molar-refractivity contribution < 1.29 is 9.53 Å². The van der Waals surface area contributed by atoms with Gasteiger partial charge >= 0.3 is 0 Å². The largest absolute Gasteiger partial charge is 0.368 e. The van der Waals surface area contributed by atoms with E-state index in [2.05, 4.69) is 12.2 Å². The maximum atomic E-state index is 12.0. The van der Waals surface area contributed by atoms with Crippen molar-refractivity contribution in [2.45, 2.75) is 44.8 Å². The molecule has 1 saturated carbocycles. The summed E-state index contributed by atoms with van der Waals surface area (Å²) in [4.78, 5) is 12.0. The highest BCUT2D eigenvalue weighted by molar-refractivity contribution is 5.81. The van der Waals surface area contributed by atoms with E-state index in [4.69, 9.17) is 10.5 Å². The third-order valence-corrected chi connectivity index (χ3v) is 3.94. The normalized spacial score (nSPS) is 38.9. The van der Waals surface area contributed by atoms with Gasteiger partial charge in [0.05, 0.1) is 0 Å². The number of nitrogens with two attached hydrogens (primary N) is 1. The topological polar surface area (TPSA) is 64.3 Å². The average molecular weight is 226 g/mol. The summed E-state index contributed by atoms with van der Waals surface area (Å²) in [6, 6.07) is 0.272. The molecule has 4 heteroatoms. The van der Waals surface area contributed by atoms with Gasteiger partial charge in [0, 0.05) is 12.6 Å². The standard InChI is InChI=1S/C12H22N2O2/c1-8-5-6-16-11(8)12(15)14-10-4-2-3-9(10)7-13/h8-11H,2-7,13H2,1H3,(H,14,15). The Bertz CT molecular complexity index is 257. The van der Waals surface area contributed by atoms with Gasteiger partial charge in [-0.2, -0.15) is 0 Å². The van der Waals surface area contributed by atoms with Gasteiger partial charge in [-0.1, -0.05) is 13.3 Å². The molecular formula is C12H22N2O2. The first kappa shape index (κ1) is 11.9. The summed E-state index contributed by atoms with van der Waals surface area (Å²) < 4.78 is 5.46. The van der Waals surface area contributed by atoms with Crippen LogP contribution in [0.1, 0.15) is 32.6 Å². The first-order valence-corrected chi connectivity index (χ1v) is 6.34. The van der Waals surface area contributed by atoms with Crippen molar-refractivity contribution in [3.63, 3.8) is 0 Å². The molecule has 3 N–H and O–H groups in total. The number of ether oxygens (including phenoxy) is 1. The van der Waals surface area contributed by atoms with Crippen LogP contribution in [0.2, 0.25) is 0 Å². The lowest BCUT2D eigenvalue weighted by Gasteiger charge is -2.22. The second-order valence-electron chi connectivity index (χ2n) is 5.10. The van der Waals surface area contributed by atoms with Crippen LogP contribution in [0.4, 0.5) is 0 Å². The van der Waals surface area contributed by atoms with Gasteiger partial charge < -0.3 is 15.8 Å². The van der Waals surface area contributed by atoms with Crippen molar-refractivity contribution in [3.8, 4) is 0 Å². The molecule has 2 fully saturated rings. The van der Waals surface area contributed by atoms with E-state index in [9.17, 15) is 4.79 Å². The summed E-state index contributed by atoms with van der Waals surface area (Å²) in [5, 5.41) is 3.11. The molecule has 0 bridgehead atoms. The molecule has 4 unspecified atom stereocenters. The minimum absolute atomic E-state index is 0.0651. The minimum atomic E-state index is -0.237. The van der Waals surface area contributed by atoms with E-state index >= 15 is 0 Å². The number of hydrogen-bond acceptors (Lipinski definition) is 3.